The predicted molar refractivity (Wildman–Crippen MR) is 141 cm³/mol. The van der Waals surface area contributed by atoms with Gasteiger partial charge in [-0.2, -0.15) is 5.10 Å². The van der Waals surface area contributed by atoms with Crippen LogP contribution < -0.4 is 14.8 Å². The smallest absolute Gasteiger partial charge is 0.274 e. The largest absolute Gasteiger partial charge is 0.492 e. The van der Waals surface area contributed by atoms with Gasteiger partial charge in [0.05, 0.1) is 32.9 Å². The summed E-state index contributed by atoms with van der Waals surface area (Å²) in [6, 6.07) is 23.1. The van der Waals surface area contributed by atoms with E-state index in [0.717, 1.165) is 27.8 Å². The molecule has 0 saturated carbocycles. The summed E-state index contributed by atoms with van der Waals surface area (Å²) in [4.78, 5) is 18.6. The second-order valence-electron chi connectivity index (χ2n) is 7.93. The topological polar surface area (TPSA) is 61.4 Å². The van der Waals surface area contributed by atoms with Crippen molar-refractivity contribution in [3.63, 3.8) is 0 Å². The highest BCUT2D eigenvalue weighted by molar-refractivity contribution is 7.15. The van der Waals surface area contributed by atoms with Crippen molar-refractivity contribution in [1.29, 1.82) is 0 Å². The molecule has 3 heterocycles. The Kier molecular flexibility index (Phi) is 5.36. The molecular formula is C27H19ClN4O2S. The number of rotatable bonds is 5. The number of ether oxygens (including phenoxy) is 1. The highest BCUT2D eigenvalue weighted by Crippen LogP contribution is 2.32. The molecule has 0 radical (unpaired) electrons. The number of benzene rings is 3. The van der Waals surface area contributed by atoms with Crippen molar-refractivity contribution in [1.82, 2.24) is 19.2 Å². The van der Waals surface area contributed by atoms with E-state index in [9.17, 15) is 4.79 Å². The molecule has 3 aromatic heterocycles. The molecule has 0 unspecified atom stereocenters. The molecule has 0 fully saturated rings. The number of hydrogen-bond donors (Lipinski definition) is 0. The molecule has 172 valence electrons. The first-order valence-electron chi connectivity index (χ1n) is 11.1. The zero-order chi connectivity index (χ0) is 23.9. The normalized spacial score (nSPS) is 12.1. The fourth-order valence-corrected chi connectivity index (χ4v) is 5.32. The summed E-state index contributed by atoms with van der Waals surface area (Å²) < 4.78 is 9.65. The third kappa shape index (κ3) is 3.79. The summed E-state index contributed by atoms with van der Waals surface area (Å²) in [6.45, 7) is 2.45. The van der Waals surface area contributed by atoms with Crippen LogP contribution in [0.4, 0.5) is 0 Å². The second-order valence-corrected chi connectivity index (χ2v) is 9.34. The third-order valence-electron chi connectivity index (χ3n) is 5.70. The van der Waals surface area contributed by atoms with Gasteiger partial charge in [0.25, 0.3) is 5.56 Å². The van der Waals surface area contributed by atoms with Gasteiger partial charge in [-0.3, -0.25) is 4.79 Å². The van der Waals surface area contributed by atoms with E-state index in [1.54, 1.807) is 4.40 Å². The lowest BCUT2D eigenvalue weighted by Gasteiger charge is -2.07. The van der Waals surface area contributed by atoms with Crippen molar-refractivity contribution in [3.8, 4) is 22.7 Å². The van der Waals surface area contributed by atoms with Crippen molar-refractivity contribution in [2.24, 2.45) is 0 Å². The summed E-state index contributed by atoms with van der Waals surface area (Å²) in [5, 5.41) is 5.36. The summed E-state index contributed by atoms with van der Waals surface area (Å²) in [7, 11) is 0. The lowest BCUT2D eigenvalue weighted by molar-refractivity contribution is 0.340. The second kappa shape index (κ2) is 8.69. The van der Waals surface area contributed by atoms with Gasteiger partial charge in [-0.05, 0) is 55.5 Å². The minimum atomic E-state index is -0.0955. The van der Waals surface area contributed by atoms with Crippen LogP contribution in [0.5, 0.6) is 5.75 Å². The Morgan fingerprint density at radius 1 is 1.06 bits per heavy atom. The third-order valence-corrected chi connectivity index (χ3v) is 6.96. The molecule has 6 aromatic rings. The Hall–Kier alpha value is -3.94. The summed E-state index contributed by atoms with van der Waals surface area (Å²) >= 11 is 7.85. The van der Waals surface area contributed by atoms with Gasteiger partial charge in [0.2, 0.25) is 0 Å². The van der Waals surface area contributed by atoms with Gasteiger partial charge in [0.15, 0.2) is 4.96 Å². The highest BCUT2D eigenvalue weighted by atomic mass is 35.5. The first kappa shape index (κ1) is 21.6. The Balaban J connectivity index is 1.55. The number of nitrogens with zero attached hydrogens (tertiary/aromatic N) is 4. The molecule has 0 aliphatic carbocycles. The Morgan fingerprint density at radius 3 is 2.66 bits per heavy atom. The van der Waals surface area contributed by atoms with Crippen molar-refractivity contribution in [2.75, 3.05) is 6.61 Å². The lowest BCUT2D eigenvalue weighted by Crippen LogP contribution is -2.22. The molecule has 0 amide bonds. The highest BCUT2D eigenvalue weighted by Gasteiger charge is 2.15. The molecule has 35 heavy (non-hydrogen) atoms. The molecular weight excluding hydrogens is 480 g/mol. The van der Waals surface area contributed by atoms with Crippen molar-refractivity contribution >= 4 is 45.0 Å². The number of imidazole rings is 1. The first-order valence-corrected chi connectivity index (χ1v) is 12.3. The van der Waals surface area contributed by atoms with Gasteiger partial charge in [-0.1, -0.05) is 53.3 Å². The maximum atomic E-state index is 13.3. The molecule has 0 atom stereocenters. The Labute approximate surface area is 209 Å². The number of hydrogen-bond acceptors (Lipinski definition) is 5. The van der Waals surface area contributed by atoms with Gasteiger partial charge >= 0.3 is 0 Å². The van der Waals surface area contributed by atoms with Gasteiger partial charge in [-0.15, -0.1) is 0 Å². The molecule has 0 bridgehead atoms. The van der Waals surface area contributed by atoms with Crippen LogP contribution in [0.15, 0.2) is 83.8 Å². The number of para-hydroxylation sites is 3. The Bertz CT molecular complexity index is 1800. The lowest BCUT2D eigenvalue weighted by atomic mass is 10.1. The molecule has 0 spiro atoms. The van der Waals surface area contributed by atoms with Gasteiger partial charge in [0, 0.05) is 17.3 Å². The molecule has 6 nitrogen and oxygen atoms in total. The molecule has 0 N–H and O–H groups in total. The zero-order valence-electron chi connectivity index (χ0n) is 18.7. The molecule has 8 heteroatoms. The van der Waals surface area contributed by atoms with Crippen molar-refractivity contribution < 1.29 is 4.74 Å². The van der Waals surface area contributed by atoms with Gasteiger partial charge < -0.3 is 4.74 Å². The van der Waals surface area contributed by atoms with E-state index >= 15 is 0 Å². The van der Waals surface area contributed by atoms with Crippen molar-refractivity contribution in [3.05, 3.63) is 104 Å². The molecule has 0 aliphatic rings. The van der Waals surface area contributed by atoms with Crippen LogP contribution in [0.3, 0.4) is 0 Å². The fourth-order valence-electron chi connectivity index (χ4n) is 4.10. The standard InChI is InChI=1S/C27H19ClN4O2S/c1-2-34-23-13-12-17(14-20(23)28)25-18(16-31(30-25)19-8-4-3-5-9-19)15-24-26(33)32-22-11-7-6-10-21(22)29-27(32)35-24/h3-16H,2H2,1H3. The monoisotopic (exact) mass is 498 g/mol. The van der Waals surface area contributed by atoms with Crippen LogP contribution in [0.1, 0.15) is 12.5 Å². The van der Waals surface area contributed by atoms with E-state index in [1.165, 1.54) is 11.3 Å². The van der Waals surface area contributed by atoms with E-state index in [4.69, 9.17) is 21.4 Å². The maximum absolute atomic E-state index is 13.3. The fraction of sp³-hybridized carbons (Fsp3) is 0.0741. The van der Waals surface area contributed by atoms with Crippen LogP contribution in [0.2, 0.25) is 5.02 Å². The number of fused-ring (bicyclic) bond motifs is 3. The summed E-state index contributed by atoms with van der Waals surface area (Å²) in [6.07, 6.45) is 3.80. The summed E-state index contributed by atoms with van der Waals surface area (Å²) in [5.74, 6) is 0.624. The SMILES string of the molecule is CCOc1ccc(-c2nn(-c3ccccc3)cc2C=c2sc3nc4ccccc4n3c2=O)cc1Cl. The Morgan fingerprint density at radius 2 is 1.86 bits per heavy atom. The van der Waals surface area contributed by atoms with E-state index in [0.29, 0.717) is 32.6 Å². The van der Waals surface area contributed by atoms with Crippen LogP contribution in [0, 0.1) is 0 Å². The zero-order valence-corrected chi connectivity index (χ0v) is 20.3. The number of halogens is 1. The molecule has 3 aromatic carbocycles. The van der Waals surface area contributed by atoms with Gasteiger partial charge in [0.1, 0.15) is 11.4 Å². The molecule has 6 rings (SSSR count). The van der Waals surface area contributed by atoms with Gasteiger partial charge in [-0.25, -0.2) is 14.1 Å². The van der Waals surface area contributed by atoms with Crippen molar-refractivity contribution in [2.45, 2.75) is 6.92 Å². The molecule has 0 aliphatic heterocycles. The van der Waals surface area contributed by atoms with Crippen LogP contribution in [-0.2, 0) is 0 Å². The minimum absolute atomic E-state index is 0.0955. The first-order chi connectivity index (χ1) is 17.1. The number of aromatic nitrogens is 4. The van der Waals surface area contributed by atoms with Crippen LogP contribution >= 0.6 is 22.9 Å². The van der Waals surface area contributed by atoms with E-state index < -0.39 is 0 Å². The summed E-state index contributed by atoms with van der Waals surface area (Å²) in [5.41, 5.74) is 4.79. The quantitative estimate of drug-likeness (QED) is 0.321. The van der Waals surface area contributed by atoms with E-state index in [2.05, 4.69) is 4.98 Å². The molecule has 0 saturated heterocycles. The van der Waals surface area contributed by atoms with E-state index in [-0.39, 0.29) is 5.56 Å². The van der Waals surface area contributed by atoms with Crippen LogP contribution in [0.25, 0.3) is 39.0 Å². The number of thiazole rings is 1. The predicted octanol–water partition coefficient (Wildman–Crippen LogP) is 5.36. The minimum Gasteiger partial charge on any atom is -0.492 e. The van der Waals surface area contributed by atoms with E-state index in [1.807, 2.05) is 96.7 Å². The van der Waals surface area contributed by atoms with Crippen LogP contribution in [-0.4, -0.2) is 25.8 Å². The average molecular weight is 499 g/mol. The maximum Gasteiger partial charge on any atom is 0.274 e. The average Bonchev–Trinajstić information content (AvgIpc) is 3.54.